The summed E-state index contributed by atoms with van der Waals surface area (Å²) in [6.07, 6.45) is 1.89. The second-order valence-electron chi connectivity index (χ2n) is 5.55. The Morgan fingerprint density at radius 3 is 2.72 bits per heavy atom. The van der Waals surface area contributed by atoms with Crippen LogP contribution >= 0.6 is 0 Å². The summed E-state index contributed by atoms with van der Waals surface area (Å²) in [4.78, 5) is 2.36. The zero-order chi connectivity index (χ0) is 13.1. The number of piperidine rings is 1. The molecule has 0 bridgehead atoms. The predicted molar refractivity (Wildman–Crippen MR) is 75.9 cm³/mol. The molecule has 3 N–H and O–H groups in total. The van der Waals surface area contributed by atoms with Gasteiger partial charge < -0.3 is 15.7 Å². The van der Waals surface area contributed by atoms with Gasteiger partial charge in [0, 0.05) is 31.4 Å². The SMILES string of the molecule is Cc1ccc(N2CC(N)CC(CCO)C2)cc1C. The summed E-state index contributed by atoms with van der Waals surface area (Å²) in [7, 11) is 0. The molecule has 0 saturated carbocycles. The number of hydrogen-bond donors (Lipinski definition) is 2. The largest absolute Gasteiger partial charge is 0.396 e. The number of rotatable bonds is 3. The fourth-order valence-electron chi connectivity index (χ4n) is 2.77. The molecule has 2 unspecified atom stereocenters. The zero-order valence-electron chi connectivity index (χ0n) is 11.4. The third-order valence-electron chi connectivity index (χ3n) is 3.96. The van der Waals surface area contributed by atoms with Crippen LogP contribution in [0.2, 0.25) is 0 Å². The van der Waals surface area contributed by atoms with Gasteiger partial charge in [-0.05, 0) is 55.9 Å². The minimum Gasteiger partial charge on any atom is -0.396 e. The second-order valence-corrected chi connectivity index (χ2v) is 5.55. The van der Waals surface area contributed by atoms with Crippen LogP contribution in [0.1, 0.15) is 24.0 Å². The summed E-state index contributed by atoms with van der Waals surface area (Å²) in [6.45, 7) is 6.48. The maximum atomic E-state index is 9.08. The minimum absolute atomic E-state index is 0.219. The second kappa shape index (κ2) is 5.72. The molecule has 100 valence electrons. The molecule has 1 aromatic rings. The molecule has 1 aromatic carbocycles. The van der Waals surface area contributed by atoms with Crippen molar-refractivity contribution in [1.29, 1.82) is 0 Å². The highest BCUT2D eigenvalue weighted by atomic mass is 16.3. The van der Waals surface area contributed by atoms with E-state index in [1.807, 2.05) is 0 Å². The lowest BCUT2D eigenvalue weighted by molar-refractivity contribution is 0.238. The number of anilines is 1. The molecule has 2 atom stereocenters. The van der Waals surface area contributed by atoms with Gasteiger partial charge in [-0.1, -0.05) is 6.07 Å². The maximum Gasteiger partial charge on any atom is 0.0434 e. The molecule has 0 amide bonds. The number of benzene rings is 1. The molecule has 0 radical (unpaired) electrons. The Labute approximate surface area is 110 Å². The van der Waals surface area contributed by atoms with Gasteiger partial charge in [-0.3, -0.25) is 0 Å². The average molecular weight is 248 g/mol. The van der Waals surface area contributed by atoms with Crippen LogP contribution in [-0.4, -0.2) is 30.8 Å². The van der Waals surface area contributed by atoms with Crippen LogP contribution < -0.4 is 10.6 Å². The molecule has 1 heterocycles. The molecule has 0 spiro atoms. The normalized spacial score (nSPS) is 24.3. The first-order valence-electron chi connectivity index (χ1n) is 6.78. The van der Waals surface area contributed by atoms with Gasteiger partial charge in [0.25, 0.3) is 0 Å². The Hall–Kier alpha value is -1.06. The highest BCUT2D eigenvalue weighted by molar-refractivity contribution is 5.51. The first-order valence-corrected chi connectivity index (χ1v) is 6.78. The highest BCUT2D eigenvalue weighted by Crippen LogP contribution is 2.26. The summed E-state index contributed by atoms with van der Waals surface area (Å²) in [6, 6.07) is 6.81. The van der Waals surface area contributed by atoms with Crippen molar-refractivity contribution in [3.8, 4) is 0 Å². The van der Waals surface area contributed by atoms with Crippen LogP contribution in [0.15, 0.2) is 18.2 Å². The van der Waals surface area contributed by atoms with E-state index in [4.69, 9.17) is 10.8 Å². The van der Waals surface area contributed by atoms with Crippen LogP contribution in [0.3, 0.4) is 0 Å². The van der Waals surface area contributed by atoms with E-state index in [1.165, 1.54) is 16.8 Å². The van der Waals surface area contributed by atoms with Crippen molar-refractivity contribution in [1.82, 2.24) is 0 Å². The molecule has 3 nitrogen and oxygen atoms in total. The number of aliphatic hydroxyl groups excluding tert-OH is 1. The van der Waals surface area contributed by atoms with Crippen LogP contribution in [0.4, 0.5) is 5.69 Å². The van der Waals surface area contributed by atoms with Crippen molar-refractivity contribution in [3.05, 3.63) is 29.3 Å². The van der Waals surface area contributed by atoms with Crippen molar-refractivity contribution in [3.63, 3.8) is 0 Å². The number of nitrogens with zero attached hydrogens (tertiary/aromatic N) is 1. The van der Waals surface area contributed by atoms with E-state index < -0.39 is 0 Å². The summed E-state index contributed by atoms with van der Waals surface area (Å²) < 4.78 is 0. The van der Waals surface area contributed by atoms with Crippen molar-refractivity contribution >= 4 is 5.69 Å². The van der Waals surface area contributed by atoms with E-state index in [1.54, 1.807) is 0 Å². The Morgan fingerprint density at radius 2 is 2.06 bits per heavy atom. The topological polar surface area (TPSA) is 49.5 Å². The van der Waals surface area contributed by atoms with Gasteiger partial charge in [-0.2, -0.15) is 0 Å². The van der Waals surface area contributed by atoms with Crippen LogP contribution in [0.5, 0.6) is 0 Å². The summed E-state index contributed by atoms with van der Waals surface area (Å²) in [5.74, 6) is 0.514. The monoisotopic (exact) mass is 248 g/mol. The zero-order valence-corrected chi connectivity index (χ0v) is 11.4. The maximum absolute atomic E-state index is 9.08. The van der Waals surface area contributed by atoms with Crippen LogP contribution in [-0.2, 0) is 0 Å². The molecule has 1 fully saturated rings. The van der Waals surface area contributed by atoms with Gasteiger partial charge >= 0.3 is 0 Å². The van der Waals surface area contributed by atoms with Gasteiger partial charge in [-0.25, -0.2) is 0 Å². The Bertz CT molecular complexity index is 405. The standard InChI is InChI=1S/C15H24N2O/c1-11-3-4-15(7-12(11)2)17-9-13(5-6-18)8-14(16)10-17/h3-4,7,13-14,18H,5-6,8-10,16H2,1-2H3. The molecule has 1 aliphatic heterocycles. The van der Waals surface area contributed by atoms with E-state index in [9.17, 15) is 0 Å². The first-order chi connectivity index (χ1) is 8.60. The fourth-order valence-corrected chi connectivity index (χ4v) is 2.77. The molecular formula is C15H24N2O. The van der Waals surface area contributed by atoms with E-state index in [-0.39, 0.29) is 12.6 Å². The number of hydrogen-bond acceptors (Lipinski definition) is 3. The van der Waals surface area contributed by atoms with Gasteiger partial charge in [0.05, 0.1) is 0 Å². The Kier molecular flexibility index (Phi) is 4.25. The van der Waals surface area contributed by atoms with Gasteiger partial charge in [0.1, 0.15) is 0 Å². The quantitative estimate of drug-likeness (QED) is 0.858. The molecule has 0 aliphatic carbocycles. The average Bonchev–Trinajstić information content (AvgIpc) is 2.32. The van der Waals surface area contributed by atoms with Crippen molar-refractivity contribution < 1.29 is 5.11 Å². The lowest BCUT2D eigenvalue weighted by Crippen LogP contribution is -2.47. The van der Waals surface area contributed by atoms with E-state index in [2.05, 4.69) is 36.9 Å². The molecule has 3 heteroatoms. The molecule has 18 heavy (non-hydrogen) atoms. The molecule has 0 aromatic heterocycles. The Balaban J connectivity index is 2.13. The van der Waals surface area contributed by atoms with Crippen molar-refractivity contribution in [2.24, 2.45) is 11.7 Å². The van der Waals surface area contributed by atoms with Crippen molar-refractivity contribution in [2.75, 3.05) is 24.6 Å². The van der Waals surface area contributed by atoms with E-state index in [0.29, 0.717) is 5.92 Å². The Morgan fingerprint density at radius 1 is 1.28 bits per heavy atom. The molecule has 2 rings (SSSR count). The minimum atomic E-state index is 0.219. The molecule has 1 saturated heterocycles. The third-order valence-corrected chi connectivity index (χ3v) is 3.96. The molecule has 1 aliphatic rings. The lowest BCUT2D eigenvalue weighted by Gasteiger charge is -2.38. The third kappa shape index (κ3) is 3.03. The van der Waals surface area contributed by atoms with Crippen LogP contribution in [0, 0.1) is 19.8 Å². The van der Waals surface area contributed by atoms with Crippen molar-refractivity contribution in [2.45, 2.75) is 32.7 Å². The molecular weight excluding hydrogens is 224 g/mol. The highest BCUT2D eigenvalue weighted by Gasteiger charge is 2.24. The van der Waals surface area contributed by atoms with E-state index in [0.717, 1.165) is 25.9 Å². The predicted octanol–water partition coefficient (Wildman–Crippen LogP) is 1.84. The fraction of sp³-hybridized carbons (Fsp3) is 0.600. The van der Waals surface area contributed by atoms with Gasteiger partial charge in [-0.15, -0.1) is 0 Å². The smallest absolute Gasteiger partial charge is 0.0434 e. The summed E-state index contributed by atoms with van der Waals surface area (Å²) in [5.41, 5.74) is 10.0. The summed E-state index contributed by atoms with van der Waals surface area (Å²) in [5, 5.41) is 9.08. The number of aryl methyl sites for hydroxylation is 2. The number of nitrogens with two attached hydrogens (primary N) is 1. The number of aliphatic hydroxyl groups is 1. The van der Waals surface area contributed by atoms with Gasteiger partial charge in [0.2, 0.25) is 0 Å². The first kappa shape index (κ1) is 13.4. The van der Waals surface area contributed by atoms with Crippen LogP contribution in [0.25, 0.3) is 0 Å². The lowest BCUT2D eigenvalue weighted by atomic mass is 9.91. The van der Waals surface area contributed by atoms with Gasteiger partial charge in [0.15, 0.2) is 0 Å². The summed E-state index contributed by atoms with van der Waals surface area (Å²) >= 11 is 0. The van der Waals surface area contributed by atoms with E-state index >= 15 is 0 Å².